The molecular weight excluding hydrogens is 210 g/mol. The summed E-state index contributed by atoms with van der Waals surface area (Å²) >= 11 is 1.87. The number of thioether (sulfide) groups is 1. The van der Waals surface area contributed by atoms with Crippen LogP contribution in [0.15, 0.2) is 0 Å². The highest BCUT2D eigenvalue weighted by Gasteiger charge is 2.09. The fraction of sp³-hybridized carbons (Fsp3) is 0.909. The standard InChI is InChI=1S/C11H23NO2S/c1-5-14-11(13)8-9(2)12-7-6-10(3)15-4/h9-10,12H,5-8H2,1-4H3. The molecule has 0 saturated heterocycles. The summed E-state index contributed by atoms with van der Waals surface area (Å²) in [5.74, 6) is -0.115. The number of rotatable bonds is 8. The molecule has 0 aliphatic carbocycles. The fourth-order valence-corrected chi connectivity index (χ4v) is 1.55. The molecule has 0 spiro atoms. The summed E-state index contributed by atoms with van der Waals surface area (Å²) in [5, 5.41) is 4.00. The molecule has 15 heavy (non-hydrogen) atoms. The Balaban J connectivity index is 3.48. The minimum absolute atomic E-state index is 0.115. The van der Waals surface area contributed by atoms with Crippen LogP contribution in [0.1, 0.15) is 33.6 Å². The molecule has 0 aromatic rings. The zero-order chi connectivity index (χ0) is 11.7. The van der Waals surface area contributed by atoms with E-state index in [4.69, 9.17) is 4.74 Å². The van der Waals surface area contributed by atoms with Crippen molar-refractivity contribution in [2.75, 3.05) is 19.4 Å². The largest absolute Gasteiger partial charge is 0.466 e. The molecule has 0 heterocycles. The summed E-state index contributed by atoms with van der Waals surface area (Å²) in [6.07, 6.45) is 3.71. The molecule has 0 radical (unpaired) electrons. The molecule has 0 aromatic carbocycles. The third-order valence-electron chi connectivity index (χ3n) is 2.22. The number of carbonyl (C=O) groups excluding carboxylic acids is 1. The number of ether oxygens (including phenoxy) is 1. The van der Waals surface area contributed by atoms with E-state index in [0.29, 0.717) is 18.3 Å². The van der Waals surface area contributed by atoms with Crippen LogP contribution in [0.2, 0.25) is 0 Å². The van der Waals surface area contributed by atoms with Crippen molar-refractivity contribution in [2.45, 2.75) is 44.9 Å². The fourth-order valence-electron chi connectivity index (χ4n) is 1.19. The average Bonchev–Trinajstić information content (AvgIpc) is 2.17. The van der Waals surface area contributed by atoms with Crippen molar-refractivity contribution in [1.29, 1.82) is 0 Å². The predicted molar refractivity (Wildman–Crippen MR) is 66.3 cm³/mol. The maximum atomic E-state index is 11.1. The van der Waals surface area contributed by atoms with Gasteiger partial charge in [-0.1, -0.05) is 6.92 Å². The van der Waals surface area contributed by atoms with Crippen LogP contribution in [0.5, 0.6) is 0 Å². The second-order valence-corrected chi connectivity index (χ2v) is 4.98. The Bertz CT molecular complexity index is 176. The lowest BCUT2D eigenvalue weighted by molar-refractivity contribution is -0.143. The second-order valence-electron chi connectivity index (χ2n) is 3.70. The quantitative estimate of drug-likeness (QED) is 0.651. The Morgan fingerprint density at radius 2 is 2.13 bits per heavy atom. The Morgan fingerprint density at radius 3 is 2.67 bits per heavy atom. The van der Waals surface area contributed by atoms with Crippen LogP contribution in [-0.2, 0) is 9.53 Å². The van der Waals surface area contributed by atoms with Crippen molar-refractivity contribution in [1.82, 2.24) is 5.32 Å². The number of hydrogen-bond donors (Lipinski definition) is 1. The predicted octanol–water partition coefficient (Wildman–Crippen LogP) is 2.06. The van der Waals surface area contributed by atoms with E-state index in [2.05, 4.69) is 18.5 Å². The Kier molecular flexibility index (Phi) is 8.91. The van der Waals surface area contributed by atoms with Gasteiger partial charge in [0, 0.05) is 11.3 Å². The highest BCUT2D eigenvalue weighted by atomic mass is 32.2. The van der Waals surface area contributed by atoms with Gasteiger partial charge in [-0.3, -0.25) is 4.79 Å². The summed E-state index contributed by atoms with van der Waals surface area (Å²) in [6.45, 7) is 7.48. The third kappa shape index (κ3) is 8.75. The zero-order valence-corrected chi connectivity index (χ0v) is 11.0. The average molecular weight is 233 g/mol. The Morgan fingerprint density at radius 1 is 1.47 bits per heavy atom. The molecule has 90 valence electrons. The molecule has 4 heteroatoms. The molecule has 0 saturated carbocycles. The molecule has 1 N–H and O–H groups in total. The molecule has 2 atom stereocenters. The van der Waals surface area contributed by atoms with Crippen LogP contribution < -0.4 is 5.32 Å². The molecule has 3 nitrogen and oxygen atoms in total. The van der Waals surface area contributed by atoms with Crippen molar-refractivity contribution in [2.24, 2.45) is 0 Å². The lowest BCUT2D eigenvalue weighted by Crippen LogP contribution is -2.31. The van der Waals surface area contributed by atoms with Gasteiger partial charge in [0.2, 0.25) is 0 Å². The smallest absolute Gasteiger partial charge is 0.307 e. The normalized spacial score (nSPS) is 14.7. The molecule has 0 bridgehead atoms. The van der Waals surface area contributed by atoms with Gasteiger partial charge in [0.25, 0.3) is 0 Å². The third-order valence-corrected chi connectivity index (χ3v) is 3.26. The van der Waals surface area contributed by atoms with E-state index in [1.165, 1.54) is 0 Å². The monoisotopic (exact) mass is 233 g/mol. The van der Waals surface area contributed by atoms with E-state index in [0.717, 1.165) is 13.0 Å². The molecule has 0 fully saturated rings. The second kappa shape index (κ2) is 9.04. The topological polar surface area (TPSA) is 38.3 Å². The van der Waals surface area contributed by atoms with E-state index in [1.54, 1.807) is 0 Å². The van der Waals surface area contributed by atoms with Gasteiger partial charge in [0.05, 0.1) is 13.0 Å². The van der Waals surface area contributed by atoms with Crippen molar-refractivity contribution < 1.29 is 9.53 Å². The first-order valence-corrected chi connectivity index (χ1v) is 6.80. The van der Waals surface area contributed by atoms with Gasteiger partial charge in [-0.2, -0.15) is 11.8 Å². The van der Waals surface area contributed by atoms with Gasteiger partial charge >= 0.3 is 5.97 Å². The summed E-state index contributed by atoms with van der Waals surface area (Å²) < 4.78 is 4.88. The van der Waals surface area contributed by atoms with Gasteiger partial charge in [0.15, 0.2) is 0 Å². The first kappa shape index (κ1) is 14.8. The summed E-state index contributed by atoms with van der Waals surface area (Å²) in [5.41, 5.74) is 0. The molecule has 0 aliphatic rings. The minimum atomic E-state index is -0.115. The highest BCUT2D eigenvalue weighted by molar-refractivity contribution is 7.99. The Labute approximate surface area is 97.3 Å². The van der Waals surface area contributed by atoms with Gasteiger partial charge in [0.1, 0.15) is 0 Å². The molecule has 2 unspecified atom stereocenters. The molecule has 0 aromatic heterocycles. The molecule has 0 rings (SSSR count). The maximum absolute atomic E-state index is 11.1. The van der Waals surface area contributed by atoms with Crippen LogP contribution in [-0.4, -0.2) is 36.7 Å². The first-order valence-electron chi connectivity index (χ1n) is 5.51. The van der Waals surface area contributed by atoms with E-state index < -0.39 is 0 Å². The summed E-state index contributed by atoms with van der Waals surface area (Å²) in [6, 6.07) is 0.207. The summed E-state index contributed by atoms with van der Waals surface area (Å²) in [7, 11) is 0. The molecule has 0 amide bonds. The van der Waals surface area contributed by atoms with E-state index >= 15 is 0 Å². The van der Waals surface area contributed by atoms with Crippen molar-refractivity contribution in [3.63, 3.8) is 0 Å². The van der Waals surface area contributed by atoms with Gasteiger partial charge in [-0.05, 0) is 33.1 Å². The molecule has 0 aliphatic heterocycles. The summed E-state index contributed by atoms with van der Waals surface area (Å²) in [4.78, 5) is 11.1. The Hall–Kier alpha value is -0.220. The minimum Gasteiger partial charge on any atom is -0.466 e. The van der Waals surface area contributed by atoms with Crippen LogP contribution >= 0.6 is 11.8 Å². The van der Waals surface area contributed by atoms with Gasteiger partial charge in [-0.15, -0.1) is 0 Å². The first-order chi connectivity index (χ1) is 7.10. The van der Waals surface area contributed by atoms with Crippen LogP contribution in [0.3, 0.4) is 0 Å². The molecular formula is C11H23NO2S. The lowest BCUT2D eigenvalue weighted by Gasteiger charge is -2.14. The number of hydrogen-bond acceptors (Lipinski definition) is 4. The van der Waals surface area contributed by atoms with E-state index in [1.807, 2.05) is 25.6 Å². The van der Waals surface area contributed by atoms with Crippen molar-refractivity contribution in [3.8, 4) is 0 Å². The number of nitrogens with one attached hydrogen (secondary N) is 1. The van der Waals surface area contributed by atoms with Crippen molar-refractivity contribution >= 4 is 17.7 Å². The van der Waals surface area contributed by atoms with E-state index in [-0.39, 0.29) is 12.0 Å². The van der Waals surface area contributed by atoms with Crippen LogP contribution in [0.4, 0.5) is 0 Å². The maximum Gasteiger partial charge on any atom is 0.307 e. The highest BCUT2D eigenvalue weighted by Crippen LogP contribution is 2.08. The lowest BCUT2D eigenvalue weighted by atomic mass is 10.2. The number of esters is 1. The SMILES string of the molecule is CCOC(=O)CC(C)NCCC(C)SC. The number of carbonyl (C=O) groups is 1. The van der Waals surface area contributed by atoms with Crippen molar-refractivity contribution in [3.05, 3.63) is 0 Å². The van der Waals surface area contributed by atoms with Gasteiger partial charge < -0.3 is 10.1 Å². The van der Waals surface area contributed by atoms with Gasteiger partial charge in [-0.25, -0.2) is 0 Å². The van der Waals surface area contributed by atoms with Crippen LogP contribution in [0, 0.1) is 0 Å². The zero-order valence-electron chi connectivity index (χ0n) is 10.2. The van der Waals surface area contributed by atoms with E-state index in [9.17, 15) is 4.79 Å². The van der Waals surface area contributed by atoms with Crippen LogP contribution in [0.25, 0.3) is 0 Å².